The summed E-state index contributed by atoms with van der Waals surface area (Å²) in [4.78, 5) is 26.8. The summed E-state index contributed by atoms with van der Waals surface area (Å²) in [5.74, 6) is 1.32. The van der Waals surface area contributed by atoms with Crippen LogP contribution in [-0.2, 0) is 14.2 Å². The SMILES string of the molecule is CCNC(=O)OC(C(C)C)C1C[C@@H](C)[C@H]2C(O1)[C@H](O)[C@@]1(C)C3CC[C@H]4C(C)(C)C(OC(=O)NC5CN(CC(F)(F)F)C5)CCC45CC35CCC21C. The topological polar surface area (TPSA) is 109 Å². The second kappa shape index (κ2) is 12.4. The Labute approximate surface area is 301 Å². The Morgan fingerprint density at radius 2 is 1.67 bits per heavy atom. The number of alkyl halides is 3. The quantitative estimate of drug-likeness (QED) is 0.262. The van der Waals surface area contributed by atoms with Crippen molar-refractivity contribution < 1.29 is 42.1 Å². The fraction of sp³-hybridized carbons (Fsp3) is 0.949. The van der Waals surface area contributed by atoms with E-state index in [2.05, 4.69) is 59.1 Å². The molecule has 7 aliphatic rings. The first kappa shape index (κ1) is 37.5. The molecule has 0 bridgehead atoms. The molecule has 7 rings (SSSR count). The third-order valence-corrected chi connectivity index (χ3v) is 16.3. The molecule has 2 amide bonds. The van der Waals surface area contributed by atoms with E-state index in [1.54, 1.807) is 0 Å². The van der Waals surface area contributed by atoms with Gasteiger partial charge in [0.25, 0.3) is 0 Å². The van der Waals surface area contributed by atoms with Crippen LogP contribution in [0.25, 0.3) is 0 Å². The van der Waals surface area contributed by atoms with Crippen molar-refractivity contribution in [3.8, 4) is 0 Å². The monoisotopic (exact) mass is 725 g/mol. The minimum Gasteiger partial charge on any atom is -0.446 e. The largest absolute Gasteiger partial charge is 0.446 e. The standard InChI is InChI=1S/C39H62F3N3O6/c1-9-43-32(47)51-29(21(2)3)24-16-22(4)28-30(49-24)31(46)36(8)26-11-10-25-34(5,6)27(12-13-37(25)19-38(26,37)15-14-35(28,36)7)50-33(48)44-23-17-45(18-23)20-39(40,41)42/h21-31,46H,9-20H2,1-8H3,(H,43,47)(H,44,48)/t22-,24?,25+,26?,27?,28+,29?,30?,31+,35?,36-,37?,38?/m1/s1. The van der Waals surface area contributed by atoms with Crippen molar-refractivity contribution >= 4 is 12.2 Å². The molecule has 0 aromatic carbocycles. The van der Waals surface area contributed by atoms with Crippen molar-refractivity contribution in [3.63, 3.8) is 0 Å². The first-order valence-corrected chi connectivity index (χ1v) is 19.8. The molecule has 2 heterocycles. The molecule has 7 fully saturated rings. The zero-order valence-corrected chi connectivity index (χ0v) is 31.9. The van der Waals surface area contributed by atoms with Gasteiger partial charge in [0.1, 0.15) is 12.2 Å². The van der Waals surface area contributed by atoms with E-state index in [0.717, 1.165) is 51.4 Å². The smallest absolute Gasteiger partial charge is 0.407 e. The molecule has 0 aromatic heterocycles. The predicted octanol–water partition coefficient (Wildman–Crippen LogP) is 6.91. The molecule has 2 spiro atoms. The van der Waals surface area contributed by atoms with Crippen LogP contribution in [0.5, 0.6) is 0 Å². The molecule has 0 radical (unpaired) electrons. The number of nitrogens with one attached hydrogen (secondary N) is 2. The highest BCUT2D eigenvalue weighted by molar-refractivity contribution is 5.68. The van der Waals surface area contributed by atoms with E-state index in [1.165, 1.54) is 4.90 Å². The Balaban J connectivity index is 1.05. The normalized spacial score (nSPS) is 46.3. The molecule has 5 aliphatic carbocycles. The maximum atomic E-state index is 13.0. The molecule has 51 heavy (non-hydrogen) atoms. The van der Waals surface area contributed by atoms with Crippen LogP contribution in [0.1, 0.15) is 107 Å². The lowest BCUT2D eigenvalue weighted by atomic mass is 9.41. The number of likely N-dealkylation sites (tertiary alicyclic amines) is 1. The third kappa shape index (κ3) is 5.55. The summed E-state index contributed by atoms with van der Waals surface area (Å²) in [6.45, 7) is 17.5. The molecule has 0 aromatic rings. The highest BCUT2D eigenvalue weighted by Crippen LogP contribution is 2.89. The second-order valence-corrected chi connectivity index (χ2v) is 19.2. The minimum absolute atomic E-state index is 0.0681. The van der Waals surface area contributed by atoms with Crippen molar-refractivity contribution in [2.45, 2.75) is 149 Å². The second-order valence-electron chi connectivity index (χ2n) is 19.2. The van der Waals surface area contributed by atoms with Crippen molar-refractivity contribution in [1.82, 2.24) is 15.5 Å². The van der Waals surface area contributed by atoms with E-state index >= 15 is 0 Å². The first-order chi connectivity index (χ1) is 23.7. The molecule has 8 unspecified atom stereocenters. The average molecular weight is 726 g/mol. The Morgan fingerprint density at radius 3 is 2.31 bits per heavy atom. The summed E-state index contributed by atoms with van der Waals surface area (Å²) in [6.07, 6.45) is 0.823. The number of alkyl carbamates (subject to hydrolysis) is 2. The summed E-state index contributed by atoms with van der Waals surface area (Å²) in [5, 5.41) is 18.2. The number of hydrogen-bond donors (Lipinski definition) is 3. The van der Waals surface area contributed by atoms with Gasteiger partial charge < -0.3 is 30.0 Å². The van der Waals surface area contributed by atoms with Gasteiger partial charge in [0.05, 0.1) is 30.9 Å². The van der Waals surface area contributed by atoms with Gasteiger partial charge in [-0.1, -0.05) is 48.5 Å². The Kier molecular flexibility index (Phi) is 9.10. The van der Waals surface area contributed by atoms with Gasteiger partial charge in [-0.25, -0.2) is 9.59 Å². The van der Waals surface area contributed by atoms with Crippen LogP contribution in [-0.4, -0.2) is 91.1 Å². The predicted molar refractivity (Wildman–Crippen MR) is 185 cm³/mol. The number of amides is 2. The lowest BCUT2D eigenvalue weighted by Crippen LogP contribution is -2.62. The molecule has 5 saturated carbocycles. The van der Waals surface area contributed by atoms with Gasteiger partial charge >= 0.3 is 18.4 Å². The van der Waals surface area contributed by atoms with Gasteiger partial charge in [-0.15, -0.1) is 0 Å². The van der Waals surface area contributed by atoms with Crippen molar-refractivity contribution in [3.05, 3.63) is 0 Å². The Bertz CT molecular complexity index is 1370. The van der Waals surface area contributed by atoms with Crippen LogP contribution in [0, 0.1) is 56.7 Å². The maximum absolute atomic E-state index is 13.0. The average Bonchev–Trinajstić information content (AvgIpc) is 3.64. The highest BCUT2D eigenvalue weighted by atomic mass is 19.4. The number of aliphatic hydroxyl groups is 1. The molecular formula is C39H62F3N3O6. The van der Waals surface area contributed by atoms with Crippen molar-refractivity contribution in [2.24, 2.45) is 56.7 Å². The van der Waals surface area contributed by atoms with E-state index in [4.69, 9.17) is 14.2 Å². The first-order valence-electron chi connectivity index (χ1n) is 19.8. The van der Waals surface area contributed by atoms with Crippen LogP contribution in [0.2, 0.25) is 0 Å². The number of aliphatic hydroxyl groups excluding tert-OH is 1. The summed E-state index contributed by atoms with van der Waals surface area (Å²) in [7, 11) is 0. The molecule has 3 N–H and O–H groups in total. The molecule has 290 valence electrons. The molecule has 2 aliphatic heterocycles. The number of hydrogen-bond acceptors (Lipinski definition) is 7. The van der Waals surface area contributed by atoms with Gasteiger partial charge in [0.15, 0.2) is 0 Å². The van der Waals surface area contributed by atoms with Crippen LogP contribution >= 0.6 is 0 Å². The lowest BCUT2D eigenvalue weighted by Gasteiger charge is -2.63. The van der Waals surface area contributed by atoms with E-state index < -0.39 is 37.1 Å². The van der Waals surface area contributed by atoms with Crippen molar-refractivity contribution in [2.75, 3.05) is 26.2 Å². The number of carbonyl (C=O) groups excluding carboxylic acids is 2. The van der Waals surface area contributed by atoms with Crippen molar-refractivity contribution in [1.29, 1.82) is 0 Å². The van der Waals surface area contributed by atoms with Crippen LogP contribution in [0.4, 0.5) is 22.8 Å². The Hall–Kier alpha value is -1.79. The molecule has 9 nitrogen and oxygen atoms in total. The fourth-order valence-electron chi connectivity index (χ4n) is 14.1. The van der Waals surface area contributed by atoms with Gasteiger partial charge in [-0.2, -0.15) is 13.2 Å². The number of halogens is 3. The van der Waals surface area contributed by atoms with Crippen LogP contribution < -0.4 is 10.6 Å². The fourth-order valence-corrected chi connectivity index (χ4v) is 14.1. The number of nitrogens with zero attached hydrogens (tertiary/aromatic N) is 1. The number of ether oxygens (including phenoxy) is 3. The highest BCUT2D eigenvalue weighted by Gasteiger charge is 2.84. The summed E-state index contributed by atoms with van der Waals surface area (Å²) in [6, 6.07) is -0.329. The van der Waals surface area contributed by atoms with Gasteiger partial charge in [0.2, 0.25) is 0 Å². The van der Waals surface area contributed by atoms with Crippen LogP contribution in [0.15, 0.2) is 0 Å². The summed E-state index contributed by atoms with van der Waals surface area (Å²) < 4.78 is 57.1. The minimum atomic E-state index is -4.24. The van der Waals surface area contributed by atoms with Gasteiger partial charge in [0, 0.05) is 30.5 Å². The van der Waals surface area contributed by atoms with Gasteiger partial charge in [-0.05, 0) is 104 Å². The maximum Gasteiger partial charge on any atom is 0.407 e. The summed E-state index contributed by atoms with van der Waals surface area (Å²) >= 11 is 0. The summed E-state index contributed by atoms with van der Waals surface area (Å²) in [5.41, 5.74) is -0.380. The lowest BCUT2D eigenvalue weighted by molar-refractivity contribution is -0.184. The molecule has 12 heteroatoms. The molecular weight excluding hydrogens is 663 g/mol. The number of rotatable bonds is 7. The number of carbonyl (C=O) groups is 2. The van der Waals surface area contributed by atoms with E-state index in [9.17, 15) is 27.9 Å². The van der Waals surface area contributed by atoms with Crippen LogP contribution in [0.3, 0.4) is 0 Å². The molecule has 13 atom stereocenters. The van der Waals surface area contributed by atoms with E-state index in [1.807, 2.05) is 6.92 Å². The zero-order chi connectivity index (χ0) is 37.1. The third-order valence-electron chi connectivity index (χ3n) is 16.3. The van der Waals surface area contributed by atoms with E-state index in [-0.39, 0.29) is 76.4 Å². The number of fused-ring (bicyclic) bond motifs is 4. The van der Waals surface area contributed by atoms with Gasteiger partial charge in [-0.3, -0.25) is 4.90 Å². The molecule has 2 saturated heterocycles. The zero-order valence-electron chi connectivity index (χ0n) is 31.9. The Morgan fingerprint density at radius 1 is 1.00 bits per heavy atom. The van der Waals surface area contributed by atoms with E-state index in [0.29, 0.717) is 24.3 Å².